The van der Waals surface area contributed by atoms with Gasteiger partial charge in [0.05, 0.1) is 30.3 Å². The second-order valence-electron chi connectivity index (χ2n) is 9.66. The van der Waals surface area contributed by atoms with E-state index in [0.717, 1.165) is 0 Å². The van der Waals surface area contributed by atoms with E-state index in [2.05, 4.69) is 36.2 Å². The van der Waals surface area contributed by atoms with Crippen LogP contribution in [0.5, 0.6) is 5.75 Å². The number of alkyl halides is 3. The van der Waals surface area contributed by atoms with Gasteiger partial charge in [0.1, 0.15) is 22.8 Å². The largest absolute Gasteiger partial charge is 0.495 e. The molecule has 4 aromatic rings. The molecule has 2 amide bonds. The molecule has 1 aromatic carbocycles. The van der Waals surface area contributed by atoms with E-state index >= 15 is 0 Å². The van der Waals surface area contributed by atoms with Crippen molar-refractivity contribution in [1.29, 1.82) is 0 Å². The fourth-order valence-electron chi connectivity index (χ4n) is 4.41. The van der Waals surface area contributed by atoms with Gasteiger partial charge in [-0.2, -0.15) is 18.2 Å². The number of aliphatic hydroxyl groups excluding tert-OH is 1. The molecule has 4 rings (SSSR count). The van der Waals surface area contributed by atoms with Crippen LogP contribution in [0.3, 0.4) is 0 Å². The van der Waals surface area contributed by atoms with Gasteiger partial charge in [-0.15, -0.1) is 0 Å². The molecular formula is C29H30F3N8O5P. The van der Waals surface area contributed by atoms with Crippen LogP contribution in [0.15, 0.2) is 48.8 Å². The van der Waals surface area contributed by atoms with Crippen LogP contribution < -0.4 is 26.0 Å². The standard InChI is InChI=1S/C29H30F3N8O5P/c1-33-26(42)22-12-17(14-40(22)9-4-10-41)19-7-8-21(24(36-19)27(43)34-2)37-25-18(29(30,31)32)13-35-28(39-25)38-20-6-5-16(15-46-44)11-23(20)45-3/h5-8,11-14,41H,4,9-10,15H2,1-3H3,(H,33,42)(H,34,43)(H2,35,37,38,39). The van der Waals surface area contributed by atoms with E-state index in [0.29, 0.717) is 47.4 Å². The van der Waals surface area contributed by atoms with E-state index in [1.165, 1.54) is 33.3 Å². The van der Waals surface area contributed by atoms with Gasteiger partial charge in [0.15, 0.2) is 14.2 Å². The molecule has 242 valence electrons. The van der Waals surface area contributed by atoms with Gasteiger partial charge in [-0.25, -0.2) is 9.97 Å². The molecule has 0 aliphatic rings. The third kappa shape index (κ3) is 7.76. The number of rotatable bonds is 13. The molecule has 0 radical (unpaired) electrons. The number of nitrogens with zero attached hydrogens (tertiary/aromatic N) is 4. The van der Waals surface area contributed by atoms with E-state index in [9.17, 15) is 32.4 Å². The minimum atomic E-state index is -4.86. The quantitative estimate of drug-likeness (QED) is 0.126. The molecule has 46 heavy (non-hydrogen) atoms. The SMILES string of the molecule is CNC(=O)c1nc(-c2cc(C(=O)NC)n(CCCO)c2)ccc1Nc1nc(Nc2ccc(CP=O)cc2OC)ncc1C(F)(F)F. The van der Waals surface area contributed by atoms with Gasteiger partial charge in [-0.3, -0.25) is 14.2 Å². The average Bonchev–Trinajstić information content (AvgIpc) is 3.47. The van der Waals surface area contributed by atoms with Crippen molar-refractivity contribution in [3.63, 3.8) is 0 Å². The highest BCUT2D eigenvalue weighted by atomic mass is 31.1. The van der Waals surface area contributed by atoms with Gasteiger partial charge < -0.3 is 35.7 Å². The normalized spacial score (nSPS) is 11.3. The number of carbonyl (C=O) groups excluding carboxylic acids is 2. The maximum Gasteiger partial charge on any atom is 0.421 e. The maximum atomic E-state index is 14.0. The summed E-state index contributed by atoms with van der Waals surface area (Å²) in [6.07, 6.45) is -1.99. The highest BCUT2D eigenvalue weighted by Crippen LogP contribution is 2.37. The maximum absolute atomic E-state index is 14.0. The fourth-order valence-corrected chi connectivity index (χ4v) is 4.76. The number of aryl methyl sites for hydroxylation is 1. The van der Waals surface area contributed by atoms with E-state index in [1.807, 2.05) is 0 Å². The Morgan fingerprint density at radius 2 is 1.76 bits per heavy atom. The van der Waals surface area contributed by atoms with E-state index < -0.39 is 23.5 Å². The molecule has 0 saturated carbocycles. The van der Waals surface area contributed by atoms with Crippen molar-refractivity contribution < 1.29 is 37.2 Å². The summed E-state index contributed by atoms with van der Waals surface area (Å²) < 4.78 is 60.1. The molecule has 0 aliphatic carbocycles. The van der Waals surface area contributed by atoms with Crippen LogP contribution in [0, 0.1) is 0 Å². The first-order valence-electron chi connectivity index (χ1n) is 13.7. The summed E-state index contributed by atoms with van der Waals surface area (Å²) in [5.74, 6) is -1.61. The van der Waals surface area contributed by atoms with Crippen molar-refractivity contribution in [2.45, 2.75) is 25.3 Å². The summed E-state index contributed by atoms with van der Waals surface area (Å²) in [6.45, 7) is 0.240. The number of hydrogen-bond donors (Lipinski definition) is 5. The van der Waals surface area contributed by atoms with Gasteiger partial charge in [-0.1, -0.05) is 6.07 Å². The van der Waals surface area contributed by atoms with Crippen molar-refractivity contribution in [2.75, 3.05) is 38.4 Å². The summed E-state index contributed by atoms with van der Waals surface area (Å²) in [5.41, 5.74) is 0.570. The zero-order chi connectivity index (χ0) is 33.4. The van der Waals surface area contributed by atoms with E-state index in [4.69, 9.17) is 4.74 Å². The number of halogens is 3. The molecule has 0 saturated heterocycles. The Labute approximate surface area is 262 Å². The minimum absolute atomic E-state index is 0.0804. The molecule has 13 nitrogen and oxygen atoms in total. The minimum Gasteiger partial charge on any atom is -0.495 e. The number of hydrogen-bond acceptors (Lipinski definition) is 10. The molecule has 0 aliphatic heterocycles. The van der Waals surface area contributed by atoms with E-state index in [-0.39, 0.29) is 50.2 Å². The van der Waals surface area contributed by atoms with Crippen molar-refractivity contribution >= 4 is 43.4 Å². The molecule has 5 N–H and O–H groups in total. The number of benzene rings is 1. The van der Waals surface area contributed by atoms with Crippen LogP contribution >= 0.6 is 8.46 Å². The van der Waals surface area contributed by atoms with Crippen LogP contribution in [0.2, 0.25) is 0 Å². The number of amides is 2. The van der Waals surface area contributed by atoms with Crippen molar-refractivity contribution in [2.24, 2.45) is 0 Å². The number of anilines is 4. The van der Waals surface area contributed by atoms with Gasteiger partial charge in [0.25, 0.3) is 11.8 Å². The number of ether oxygens (including phenoxy) is 1. The summed E-state index contributed by atoms with van der Waals surface area (Å²) in [6, 6.07) is 9.30. The van der Waals surface area contributed by atoms with Gasteiger partial charge in [0, 0.05) is 45.2 Å². The summed E-state index contributed by atoms with van der Waals surface area (Å²) in [7, 11) is 4.13. The first-order chi connectivity index (χ1) is 22.0. The molecule has 3 aromatic heterocycles. The van der Waals surface area contributed by atoms with Gasteiger partial charge >= 0.3 is 6.18 Å². The van der Waals surface area contributed by atoms with Crippen molar-refractivity contribution in [3.8, 4) is 17.0 Å². The number of carbonyl (C=O) groups is 2. The zero-order valence-electron chi connectivity index (χ0n) is 24.9. The molecule has 0 bridgehead atoms. The lowest BCUT2D eigenvalue weighted by molar-refractivity contribution is -0.137. The van der Waals surface area contributed by atoms with Crippen LogP contribution in [0.1, 0.15) is 38.5 Å². The predicted octanol–water partition coefficient (Wildman–Crippen LogP) is 4.75. The van der Waals surface area contributed by atoms with E-state index in [1.54, 1.807) is 35.0 Å². The molecule has 0 spiro atoms. The smallest absolute Gasteiger partial charge is 0.421 e. The Balaban J connectivity index is 1.74. The van der Waals surface area contributed by atoms with Gasteiger partial charge in [-0.05, 0) is 42.3 Å². The highest BCUT2D eigenvalue weighted by Gasteiger charge is 2.36. The number of aliphatic hydroxyl groups is 1. The van der Waals surface area contributed by atoms with Crippen LogP contribution in [0.4, 0.5) is 36.3 Å². The predicted molar refractivity (Wildman–Crippen MR) is 164 cm³/mol. The molecule has 0 unspecified atom stereocenters. The highest BCUT2D eigenvalue weighted by molar-refractivity contribution is 7.22. The Bertz CT molecular complexity index is 1750. The number of nitrogens with one attached hydrogen (secondary N) is 4. The lowest BCUT2D eigenvalue weighted by Gasteiger charge is -2.17. The lowest BCUT2D eigenvalue weighted by Crippen LogP contribution is -2.21. The van der Waals surface area contributed by atoms with Gasteiger partial charge in [0.2, 0.25) is 5.95 Å². The first-order valence-corrected chi connectivity index (χ1v) is 14.7. The second-order valence-corrected chi connectivity index (χ2v) is 10.2. The Hall–Kier alpha value is -5.08. The monoisotopic (exact) mass is 658 g/mol. The topological polar surface area (TPSA) is 172 Å². The molecule has 0 atom stereocenters. The average molecular weight is 659 g/mol. The molecule has 3 heterocycles. The van der Waals surface area contributed by atoms with Crippen LogP contribution in [-0.4, -0.2) is 64.3 Å². The number of aromatic nitrogens is 4. The third-order valence-corrected chi connectivity index (χ3v) is 7.15. The first kappa shape index (κ1) is 33.8. The summed E-state index contributed by atoms with van der Waals surface area (Å²) >= 11 is 0. The number of methoxy groups -OCH3 is 1. The van der Waals surface area contributed by atoms with Crippen molar-refractivity contribution in [1.82, 2.24) is 30.2 Å². The molecule has 17 heteroatoms. The van der Waals surface area contributed by atoms with Crippen molar-refractivity contribution in [3.05, 3.63) is 71.3 Å². The second kappa shape index (κ2) is 14.8. The Morgan fingerprint density at radius 1 is 1.02 bits per heavy atom. The zero-order valence-corrected chi connectivity index (χ0v) is 25.8. The fraction of sp³-hybridized carbons (Fsp3) is 0.276. The van der Waals surface area contributed by atoms with Crippen LogP contribution in [-0.2, 0) is 23.4 Å². The van der Waals surface area contributed by atoms with Crippen LogP contribution in [0.25, 0.3) is 11.3 Å². The Kier molecular flexibility index (Phi) is 10.9. The molecular weight excluding hydrogens is 628 g/mol. The lowest BCUT2D eigenvalue weighted by atomic mass is 10.1. The summed E-state index contributed by atoms with van der Waals surface area (Å²) in [5, 5.41) is 19.7. The molecule has 0 fully saturated rings. The number of pyridine rings is 1. The summed E-state index contributed by atoms with van der Waals surface area (Å²) in [4.78, 5) is 37.6. The third-order valence-electron chi connectivity index (χ3n) is 6.65. The Morgan fingerprint density at radius 3 is 2.41 bits per heavy atom.